The number of carbonyl (C=O) groups is 2. The van der Waals surface area contributed by atoms with Gasteiger partial charge in [0.05, 0.1) is 12.8 Å². The Morgan fingerprint density at radius 3 is 2.24 bits per heavy atom. The third-order valence-corrected chi connectivity index (χ3v) is 4.24. The standard InChI is InChI=1S/C13H17FN2O.C4H4O4/c1-17-13-3-2-11(14)4-12(13)16-7-9-5-15-6-10(9)8-16;5-3(6)1-2-4(7)8/h2-4,9-10,15H,5-8H2,1H3;1-2H,(H,5,6)(H,7,8)/b;2-1-. The number of nitrogens with zero attached hydrogens (tertiary/aromatic N) is 1. The number of aliphatic carboxylic acids is 2. The van der Waals surface area contributed by atoms with E-state index in [-0.39, 0.29) is 5.82 Å². The Morgan fingerprint density at radius 2 is 1.76 bits per heavy atom. The van der Waals surface area contributed by atoms with E-state index in [0.29, 0.717) is 24.0 Å². The summed E-state index contributed by atoms with van der Waals surface area (Å²) in [6, 6.07) is 4.73. The third-order valence-electron chi connectivity index (χ3n) is 4.24. The van der Waals surface area contributed by atoms with Crippen LogP contribution in [0.4, 0.5) is 10.1 Å². The molecule has 0 amide bonds. The van der Waals surface area contributed by atoms with Gasteiger partial charge >= 0.3 is 11.9 Å². The fourth-order valence-corrected chi connectivity index (χ4v) is 3.10. The lowest BCUT2D eigenvalue weighted by atomic mass is 10.0. The van der Waals surface area contributed by atoms with Gasteiger partial charge in [0.2, 0.25) is 0 Å². The van der Waals surface area contributed by atoms with Crippen molar-refractivity contribution >= 4 is 17.6 Å². The van der Waals surface area contributed by atoms with Crippen molar-refractivity contribution in [3.05, 3.63) is 36.2 Å². The molecule has 2 unspecified atom stereocenters. The second-order valence-electron chi connectivity index (χ2n) is 5.91. The van der Waals surface area contributed by atoms with Gasteiger partial charge in [0, 0.05) is 44.4 Å². The molecule has 2 aliphatic rings. The quantitative estimate of drug-likeness (QED) is 0.700. The van der Waals surface area contributed by atoms with Crippen molar-refractivity contribution in [3.8, 4) is 5.75 Å². The van der Waals surface area contributed by atoms with Crippen LogP contribution in [-0.2, 0) is 9.59 Å². The monoisotopic (exact) mass is 352 g/mol. The molecular weight excluding hydrogens is 331 g/mol. The van der Waals surface area contributed by atoms with Crippen molar-refractivity contribution in [1.82, 2.24) is 5.32 Å². The lowest BCUT2D eigenvalue weighted by Gasteiger charge is -2.22. The van der Waals surface area contributed by atoms with Gasteiger partial charge in [0.25, 0.3) is 0 Å². The molecule has 0 aliphatic carbocycles. The first-order valence-electron chi connectivity index (χ1n) is 7.84. The summed E-state index contributed by atoms with van der Waals surface area (Å²) in [7, 11) is 1.63. The minimum absolute atomic E-state index is 0.198. The summed E-state index contributed by atoms with van der Waals surface area (Å²) in [5.74, 6) is -0.555. The predicted molar refractivity (Wildman–Crippen MR) is 89.4 cm³/mol. The molecule has 2 aliphatic heterocycles. The Balaban J connectivity index is 0.000000242. The number of ether oxygens (including phenoxy) is 1. The first-order chi connectivity index (χ1) is 11.9. The summed E-state index contributed by atoms with van der Waals surface area (Å²) >= 11 is 0. The van der Waals surface area contributed by atoms with Crippen LogP contribution < -0.4 is 15.0 Å². The SMILES string of the molecule is COc1ccc(F)cc1N1CC2CNCC2C1.O=C(O)/C=C\C(=O)O. The molecule has 2 atom stereocenters. The molecule has 1 aromatic rings. The first-order valence-corrected chi connectivity index (χ1v) is 7.84. The van der Waals surface area contributed by atoms with Gasteiger partial charge in [0.1, 0.15) is 11.6 Å². The van der Waals surface area contributed by atoms with Crippen molar-refractivity contribution < 1.29 is 28.9 Å². The first kappa shape index (κ1) is 18.7. The topological polar surface area (TPSA) is 99.1 Å². The molecule has 0 aromatic heterocycles. The molecule has 1 aromatic carbocycles. The Bertz CT molecular complexity index is 636. The average molecular weight is 352 g/mol. The maximum absolute atomic E-state index is 13.3. The molecule has 8 heteroatoms. The summed E-state index contributed by atoms with van der Waals surface area (Å²) in [4.78, 5) is 21.4. The molecule has 136 valence electrons. The molecule has 0 spiro atoms. The van der Waals surface area contributed by atoms with Crippen molar-refractivity contribution in [2.45, 2.75) is 0 Å². The van der Waals surface area contributed by atoms with Crippen molar-refractivity contribution in [3.63, 3.8) is 0 Å². The van der Waals surface area contributed by atoms with E-state index in [4.69, 9.17) is 14.9 Å². The Labute approximate surface area is 144 Å². The van der Waals surface area contributed by atoms with E-state index >= 15 is 0 Å². The second-order valence-corrected chi connectivity index (χ2v) is 5.91. The van der Waals surface area contributed by atoms with Gasteiger partial charge in [-0.15, -0.1) is 0 Å². The number of anilines is 1. The Hall–Kier alpha value is -2.61. The van der Waals surface area contributed by atoms with E-state index in [1.165, 1.54) is 6.07 Å². The molecule has 0 radical (unpaired) electrons. The summed E-state index contributed by atoms with van der Waals surface area (Å²) in [6.07, 6.45) is 1.12. The summed E-state index contributed by atoms with van der Waals surface area (Å²) in [6.45, 7) is 4.16. The minimum Gasteiger partial charge on any atom is -0.495 e. The van der Waals surface area contributed by atoms with E-state index in [1.54, 1.807) is 19.2 Å². The van der Waals surface area contributed by atoms with E-state index in [0.717, 1.165) is 37.6 Å². The Kier molecular flexibility index (Phi) is 6.35. The molecule has 25 heavy (non-hydrogen) atoms. The van der Waals surface area contributed by atoms with Gasteiger partial charge in [-0.25, -0.2) is 14.0 Å². The number of carboxylic acid groups (broad SMARTS) is 2. The van der Waals surface area contributed by atoms with Crippen LogP contribution in [0.5, 0.6) is 5.75 Å². The number of methoxy groups -OCH3 is 1. The van der Waals surface area contributed by atoms with Crippen molar-refractivity contribution in [2.75, 3.05) is 38.2 Å². The fraction of sp³-hybridized carbons (Fsp3) is 0.412. The van der Waals surface area contributed by atoms with Crippen LogP contribution in [0.2, 0.25) is 0 Å². The van der Waals surface area contributed by atoms with Gasteiger partial charge < -0.3 is 25.2 Å². The number of carboxylic acids is 2. The number of hydrogen-bond acceptors (Lipinski definition) is 5. The highest BCUT2D eigenvalue weighted by Gasteiger charge is 2.36. The van der Waals surface area contributed by atoms with Crippen LogP contribution in [0, 0.1) is 17.7 Å². The van der Waals surface area contributed by atoms with Gasteiger partial charge in [-0.1, -0.05) is 0 Å². The normalized spacial score (nSPS) is 21.6. The lowest BCUT2D eigenvalue weighted by molar-refractivity contribution is -0.134. The zero-order valence-electron chi connectivity index (χ0n) is 13.8. The molecule has 2 heterocycles. The number of benzene rings is 1. The highest BCUT2D eigenvalue weighted by Crippen LogP contribution is 2.36. The molecule has 2 fully saturated rings. The number of fused-ring (bicyclic) bond motifs is 1. The van der Waals surface area contributed by atoms with E-state index in [2.05, 4.69) is 10.2 Å². The smallest absolute Gasteiger partial charge is 0.328 e. The van der Waals surface area contributed by atoms with Crippen molar-refractivity contribution in [2.24, 2.45) is 11.8 Å². The predicted octanol–water partition coefficient (Wildman–Crippen LogP) is 1.20. The molecule has 2 saturated heterocycles. The number of nitrogens with one attached hydrogen (secondary N) is 1. The van der Waals surface area contributed by atoms with E-state index in [9.17, 15) is 14.0 Å². The summed E-state index contributed by atoms with van der Waals surface area (Å²) < 4.78 is 18.6. The van der Waals surface area contributed by atoms with E-state index in [1.807, 2.05) is 0 Å². The molecule has 0 bridgehead atoms. The highest BCUT2D eigenvalue weighted by atomic mass is 19.1. The van der Waals surface area contributed by atoms with Crippen molar-refractivity contribution in [1.29, 1.82) is 0 Å². The Morgan fingerprint density at radius 1 is 1.20 bits per heavy atom. The highest BCUT2D eigenvalue weighted by molar-refractivity contribution is 5.89. The average Bonchev–Trinajstić information content (AvgIpc) is 3.15. The summed E-state index contributed by atoms with van der Waals surface area (Å²) in [5.41, 5.74) is 0.891. The second kappa shape index (κ2) is 8.48. The van der Waals surface area contributed by atoms with Gasteiger partial charge in [0.15, 0.2) is 0 Å². The minimum atomic E-state index is -1.26. The maximum Gasteiger partial charge on any atom is 0.328 e. The van der Waals surface area contributed by atoms with E-state index < -0.39 is 11.9 Å². The number of hydrogen-bond donors (Lipinski definition) is 3. The molecule has 0 saturated carbocycles. The molecule has 3 N–H and O–H groups in total. The number of halogens is 1. The van der Waals surface area contributed by atoms with Crippen LogP contribution in [0.3, 0.4) is 0 Å². The third kappa shape index (κ3) is 5.18. The zero-order valence-corrected chi connectivity index (χ0v) is 13.8. The van der Waals surface area contributed by atoms with Crippen LogP contribution in [0.1, 0.15) is 0 Å². The van der Waals surface area contributed by atoms with Gasteiger partial charge in [-0.3, -0.25) is 0 Å². The zero-order chi connectivity index (χ0) is 18.4. The summed E-state index contributed by atoms with van der Waals surface area (Å²) in [5, 5.41) is 19.0. The van der Waals surface area contributed by atoms with Gasteiger partial charge in [-0.05, 0) is 24.0 Å². The van der Waals surface area contributed by atoms with Crippen LogP contribution in [0.15, 0.2) is 30.4 Å². The molecule has 7 nitrogen and oxygen atoms in total. The molecular formula is C17H21FN2O5. The maximum atomic E-state index is 13.3. The molecule has 3 rings (SSSR count). The van der Waals surface area contributed by atoms with Crippen LogP contribution >= 0.6 is 0 Å². The lowest BCUT2D eigenvalue weighted by Crippen LogP contribution is -2.25. The van der Waals surface area contributed by atoms with Crippen LogP contribution in [-0.4, -0.2) is 55.4 Å². The largest absolute Gasteiger partial charge is 0.495 e. The fourth-order valence-electron chi connectivity index (χ4n) is 3.10. The van der Waals surface area contributed by atoms with Gasteiger partial charge in [-0.2, -0.15) is 0 Å². The van der Waals surface area contributed by atoms with Crippen LogP contribution in [0.25, 0.3) is 0 Å². The number of rotatable bonds is 4.